The van der Waals surface area contributed by atoms with Gasteiger partial charge in [-0.1, -0.05) is 23.2 Å². The number of fused-ring (bicyclic) bond motifs is 1. The van der Waals surface area contributed by atoms with Crippen molar-refractivity contribution >= 4 is 46.0 Å². The molecule has 0 radical (unpaired) electrons. The van der Waals surface area contributed by atoms with Gasteiger partial charge in [-0.15, -0.1) is 0 Å². The minimum absolute atomic E-state index is 0.0188. The largest absolute Gasteiger partial charge is 0.477 e. The molecule has 0 bridgehead atoms. The molecule has 1 aromatic heterocycles. The Morgan fingerprint density at radius 3 is 2.67 bits per heavy atom. The van der Waals surface area contributed by atoms with E-state index < -0.39 is 5.97 Å². The number of carbonyl (C=O) groups is 2. The second-order valence-corrected chi connectivity index (χ2v) is 5.93. The van der Waals surface area contributed by atoms with Crippen molar-refractivity contribution in [3.8, 4) is 0 Å². The van der Waals surface area contributed by atoms with Crippen LogP contribution in [0.5, 0.6) is 0 Å². The molecule has 0 spiro atoms. The van der Waals surface area contributed by atoms with Gasteiger partial charge in [0.05, 0.1) is 5.02 Å². The number of carboxylic acids is 1. The summed E-state index contributed by atoms with van der Waals surface area (Å²) in [5.41, 5.74) is 1.03. The number of hydrogen-bond donors (Lipinski definition) is 3. The van der Waals surface area contributed by atoms with Crippen molar-refractivity contribution in [1.29, 1.82) is 0 Å². The second-order valence-electron chi connectivity index (χ2n) is 5.09. The van der Waals surface area contributed by atoms with E-state index in [9.17, 15) is 14.7 Å². The Morgan fingerprint density at radius 2 is 2.05 bits per heavy atom. The Kier molecular flexibility index (Phi) is 3.55. The molecule has 1 aliphatic carbocycles. The smallest absolute Gasteiger partial charge is 0.352 e. The van der Waals surface area contributed by atoms with Crippen molar-refractivity contribution in [3.05, 3.63) is 33.4 Å². The van der Waals surface area contributed by atoms with E-state index in [1.54, 1.807) is 12.1 Å². The topological polar surface area (TPSA) is 82.2 Å². The molecule has 3 N–H and O–H groups in total. The van der Waals surface area contributed by atoms with E-state index in [0.717, 1.165) is 12.8 Å². The molecule has 21 heavy (non-hydrogen) atoms. The van der Waals surface area contributed by atoms with Gasteiger partial charge in [0, 0.05) is 34.0 Å². The van der Waals surface area contributed by atoms with E-state index in [1.165, 1.54) is 0 Å². The highest BCUT2D eigenvalue weighted by atomic mass is 35.5. The fraction of sp³-hybridized carbons (Fsp3) is 0.286. The van der Waals surface area contributed by atoms with Crippen LogP contribution in [0.25, 0.3) is 10.9 Å². The molecule has 0 atom stereocenters. The number of rotatable bonds is 4. The number of aromatic amines is 1. The van der Waals surface area contributed by atoms with Crippen LogP contribution in [0.1, 0.15) is 28.9 Å². The number of aromatic nitrogens is 1. The van der Waals surface area contributed by atoms with Crippen LogP contribution >= 0.6 is 23.2 Å². The van der Waals surface area contributed by atoms with Crippen molar-refractivity contribution in [1.82, 2.24) is 10.3 Å². The van der Waals surface area contributed by atoms with Crippen molar-refractivity contribution in [3.63, 3.8) is 0 Å². The maximum absolute atomic E-state index is 11.7. The molecule has 2 aromatic rings. The molecule has 1 amide bonds. The number of H-pyrrole nitrogens is 1. The van der Waals surface area contributed by atoms with Gasteiger partial charge in [-0.2, -0.15) is 0 Å². The van der Waals surface area contributed by atoms with Crippen molar-refractivity contribution in [2.24, 2.45) is 5.92 Å². The summed E-state index contributed by atoms with van der Waals surface area (Å²) >= 11 is 12.1. The highest BCUT2D eigenvalue weighted by molar-refractivity contribution is 6.39. The van der Waals surface area contributed by atoms with E-state index in [2.05, 4.69) is 10.3 Å². The minimum Gasteiger partial charge on any atom is -0.477 e. The van der Waals surface area contributed by atoms with Gasteiger partial charge < -0.3 is 15.4 Å². The summed E-state index contributed by atoms with van der Waals surface area (Å²) in [5, 5.41) is 13.4. The van der Waals surface area contributed by atoms with Crippen LogP contribution in [0, 0.1) is 5.92 Å². The van der Waals surface area contributed by atoms with Crippen molar-refractivity contribution in [2.45, 2.75) is 19.4 Å². The van der Waals surface area contributed by atoms with Gasteiger partial charge in [0.25, 0.3) is 0 Å². The van der Waals surface area contributed by atoms with Gasteiger partial charge in [-0.05, 0) is 25.0 Å². The van der Waals surface area contributed by atoms with Crippen molar-refractivity contribution < 1.29 is 14.7 Å². The molecule has 3 rings (SSSR count). The molecule has 0 saturated heterocycles. The zero-order valence-electron chi connectivity index (χ0n) is 10.9. The van der Waals surface area contributed by atoms with Gasteiger partial charge in [0.1, 0.15) is 5.69 Å². The van der Waals surface area contributed by atoms with E-state index >= 15 is 0 Å². The molecular weight excluding hydrogens is 315 g/mol. The Bertz CT molecular complexity index is 750. The monoisotopic (exact) mass is 326 g/mol. The van der Waals surface area contributed by atoms with E-state index in [-0.39, 0.29) is 24.1 Å². The minimum atomic E-state index is -1.10. The number of amides is 1. The fourth-order valence-corrected chi connectivity index (χ4v) is 2.95. The normalized spacial score (nSPS) is 14.4. The molecule has 5 nitrogen and oxygen atoms in total. The first-order valence-electron chi connectivity index (χ1n) is 6.48. The van der Waals surface area contributed by atoms with E-state index in [1.807, 2.05) is 0 Å². The molecule has 0 aliphatic heterocycles. The fourth-order valence-electron chi connectivity index (χ4n) is 2.34. The summed E-state index contributed by atoms with van der Waals surface area (Å²) in [6.45, 7) is 0.123. The number of halogens is 2. The molecule has 1 aromatic carbocycles. The van der Waals surface area contributed by atoms with Crippen LogP contribution in [0.2, 0.25) is 10.0 Å². The number of hydrogen-bond acceptors (Lipinski definition) is 2. The molecule has 1 fully saturated rings. The summed E-state index contributed by atoms with van der Waals surface area (Å²) in [4.78, 5) is 25.9. The van der Waals surface area contributed by atoms with Gasteiger partial charge in [0.2, 0.25) is 5.91 Å². The Labute approximate surface area is 130 Å². The first-order chi connectivity index (χ1) is 9.97. The number of nitrogens with one attached hydrogen (secondary N) is 2. The maximum atomic E-state index is 11.7. The van der Waals surface area contributed by atoms with Crippen LogP contribution in [-0.2, 0) is 11.3 Å². The summed E-state index contributed by atoms with van der Waals surface area (Å²) in [7, 11) is 0. The lowest BCUT2D eigenvalue weighted by molar-refractivity contribution is -0.122. The summed E-state index contributed by atoms with van der Waals surface area (Å²) in [6.07, 6.45) is 1.78. The summed E-state index contributed by atoms with van der Waals surface area (Å²) in [6, 6.07) is 3.17. The Balaban J connectivity index is 2.02. The van der Waals surface area contributed by atoms with Crippen molar-refractivity contribution in [2.75, 3.05) is 0 Å². The second kappa shape index (κ2) is 5.24. The lowest BCUT2D eigenvalue weighted by Crippen LogP contribution is -2.25. The van der Waals surface area contributed by atoms with Crippen LogP contribution in [0.3, 0.4) is 0 Å². The molecular formula is C14H12Cl2N2O3. The number of benzene rings is 1. The summed E-state index contributed by atoms with van der Waals surface area (Å²) in [5.74, 6) is -1.09. The average molecular weight is 327 g/mol. The molecule has 110 valence electrons. The van der Waals surface area contributed by atoms with Gasteiger partial charge in [-0.3, -0.25) is 4.79 Å². The first-order valence-corrected chi connectivity index (χ1v) is 7.23. The quantitative estimate of drug-likeness (QED) is 0.806. The average Bonchev–Trinajstić information content (AvgIpc) is 3.17. The zero-order chi connectivity index (χ0) is 15.1. The Hall–Kier alpha value is -1.72. The SMILES string of the molecule is O=C(O)c1[nH]c2cc(Cl)cc(Cl)c2c1CNC(=O)C1CC1. The Morgan fingerprint density at radius 1 is 1.33 bits per heavy atom. The standard InChI is InChI=1S/C14H12Cl2N2O3/c15-7-3-9(16)11-8(5-17-13(19)6-1-2-6)12(14(20)21)18-10(11)4-7/h3-4,6,18H,1-2,5H2,(H,17,19)(H,20,21). The highest BCUT2D eigenvalue weighted by Gasteiger charge is 2.30. The van der Waals surface area contributed by atoms with E-state index in [4.69, 9.17) is 23.2 Å². The highest BCUT2D eigenvalue weighted by Crippen LogP contribution is 2.33. The van der Waals surface area contributed by atoms with E-state index in [0.29, 0.717) is 26.5 Å². The molecule has 0 unspecified atom stereocenters. The molecule has 1 aliphatic rings. The van der Waals surface area contributed by atoms with Gasteiger partial charge in [0.15, 0.2) is 0 Å². The predicted molar refractivity (Wildman–Crippen MR) is 79.8 cm³/mol. The van der Waals surface area contributed by atoms with Crippen LogP contribution in [-0.4, -0.2) is 22.0 Å². The maximum Gasteiger partial charge on any atom is 0.352 e. The lowest BCUT2D eigenvalue weighted by Gasteiger charge is -2.06. The molecule has 7 heteroatoms. The third-order valence-corrected chi connectivity index (χ3v) is 4.04. The number of carboxylic acid groups (broad SMARTS) is 1. The van der Waals surface area contributed by atoms with Gasteiger partial charge in [-0.25, -0.2) is 4.79 Å². The molecule has 1 heterocycles. The zero-order valence-corrected chi connectivity index (χ0v) is 12.4. The predicted octanol–water partition coefficient (Wildman–Crippen LogP) is 3.20. The number of carbonyl (C=O) groups excluding carboxylic acids is 1. The summed E-state index contributed by atoms with van der Waals surface area (Å²) < 4.78 is 0. The number of aromatic carboxylic acids is 1. The first kappa shape index (κ1) is 14.2. The van der Waals surface area contributed by atoms with Crippen LogP contribution < -0.4 is 5.32 Å². The third kappa shape index (κ3) is 2.71. The molecule has 1 saturated carbocycles. The third-order valence-electron chi connectivity index (χ3n) is 3.52. The van der Waals surface area contributed by atoms with Crippen LogP contribution in [0.4, 0.5) is 0 Å². The lowest BCUT2D eigenvalue weighted by atomic mass is 10.1. The van der Waals surface area contributed by atoms with Gasteiger partial charge >= 0.3 is 5.97 Å². The van der Waals surface area contributed by atoms with Crippen LogP contribution in [0.15, 0.2) is 12.1 Å².